The van der Waals surface area contributed by atoms with Gasteiger partial charge in [-0.3, -0.25) is 4.57 Å². The number of anilines is 1. The van der Waals surface area contributed by atoms with Gasteiger partial charge in [-0.05, 0) is 31.0 Å². The number of ether oxygens (including phenoxy) is 3. The molecule has 8 heteroatoms. The molecule has 1 aromatic heterocycles. The highest BCUT2D eigenvalue weighted by atomic mass is 16.7. The highest BCUT2D eigenvalue weighted by molar-refractivity contribution is 5.92. The van der Waals surface area contributed by atoms with Gasteiger partial charge in [0.15, 0.2) is 12.5 Å². The van der Waals surface area contributed by atoms with E-state index in [1.165, 1.54) is 16.8 Å². The number of hydrogen-bond acceptors (Lipinski definition) is 7. The Labute approximate surface area is 144 Å². The first kappa shape index (κ1) is 17.1. The molecule has 1 aromatic carbocycles. The summed E-state index contributed by atoms with van der Waals surface area (Å²) in [5.74, 6) is -0.295. The molecule has 0 spiro atoms. The topological polar surface area (TPSA) is 106 Å². The van der Waals surface area contributed by atoms with E-state index in [-0.39, 0.29) is 19.0 Å². The lowest BCUT2D eigenvalue weighted by molar-refractivity contribution is -0.103. The van der Waals surface area contributed by atoms with Crippen LogP contribution >= 0.6 is 0 Å². The molecule has 2 aromatic rings. The maximum Gasteiger partial charge on any atom is 0.351 e. The molecule has 1 fully saturated rings. The summed E-state index contributed by atoms with van der Waals surface area (Å²) in [4.78, 5) is 27.7. The van der Waals surface area contributed by atoms with Crippen molar-refractivity contribution in [2.45, 2.75) is 26.4 Å². The van der Waals surface area contributed by atoms with Gasteiger partial charge in [0.05, 0.1) is 12.2 Å². The Kier molecular flexibility index (Phi) is 4.82. The van der Waals surface area contributed by atoms with Crippen LogP contribution < -0.4 is 11.4 Å². The second-order valence-corrected chi connectivity index (χ2v) is 5.76. The quantitative estimate of drug-likeness (QED) is 0.829. The number of aryl methyl sites for hydroxylation is 2. The monoisotopic (exact) mass is 345 g/mol. The summed E-state index contributed by atoms with van der Waals surface area (Å²) < 4.78 is 17.6. The average Bonchev–Trinajstić information content (AvgIpc) is 3.01. The number of carbonyl (C=O) groups is 1. The normalized spacial score (nSPS) is 19.8. The van der Waals surface area contributed by atoms with Crippen LogP contribution in [0.1, 0.15) is 27.7 Å². The minimum atomic E-state index is -0.747. The van der Waals surface area contributed by atoms with Crippen LogP contribution in [0.15, 0.2) is 35.3 Å². The highest BCUT2D eigenvalue weighted by Crippen LogP contribution is 2.21. The molecule has 1 saturated heterocycles. The summed E-state index contributed by atoms with van der Waals surface area (Å²) in [5.41, 5.74) is 7.16. The lowest BCUT2D eigenvalue weighted by Crippen LogP contribution is -2.29. The van der Waals surface area contributed by atoms with Crippen LogP contribution in [0.25, 0.3) is 0 Å². The SMILES string of the molecule is Cc1cccc(C)c1C(=O)OCC1OCC(n2ccc(N)nc2=O)O1. The summed E-state index contributed by atoms with van der Waals surface area (Å²) >= 11 is 0. The predicted octanol–water partition coefficient (Wildman–Crippen LogP) is 1.17. The van der Waals surface area contributed by atoms with Gasteiger partial charge in [-0.1, -0.05) is 18.2 Å². The summed E-state index contributed by atoms with van der Waals surface area (Å²) in [5, 5.41) is 0. The van der Waals surface area contributed by atoms with Crippen molar-refractivity contribution in [2.75, 3.05) is 18.9 Å². The van der Waals surface area contributed by atoms with Gasteiger partial charge in [0.25, 0.3) is 0 Å². The van der Waals surface area contributed by atoms with Crippen molar-refractivity contribution >= 4 is 11.8 Å². The van der Waals surface area contributed by atoms with E-state index in [1.54, 1.807) is 0 Å². The molecule has 2 unspecified atom stereocenters. The predicted molar refractivity (Wildman–Crippen MR) is 89.0 cm³/mol. The van der Waals surface area contributed by atoms with Gasteiger partial charge in [-0.15, -0.1) is 0 Å². The fourth-order valence-corrected chi connectivity index (χ4v) is 2.67. The lowest BCUT2D eigenvalue weighted by atomic mass is 10.0. The summed E-state index contributed by atoms with van der Waals surface area (Å²) in [6, 6.07) is 7.08. The van der Waals surface area contributed by atoms with Crippen LogP contribution in [0.2, 0.25) is 0 Å². The molecule has 2 heterocycles. The van der Waals surface area contributed by atoms with Crippen LogP contribution in [-0.4, -0.2) is 35.0 Å². The Morgan fingerprint density at radius 1 is 1.36 bits per heavy atom. The number of rotatable bonds is 4. The fourth-order valence-electron chi connectivity index (χ4n) is 2.67. The van der Waals surface area contributed by atoms with Crippen LogP contribution in [0.5, 0.6) is 0 Å². The Bertz CT molecular complexity index is 828. The lowest BCUT2D eigenvalue weighted by Gasteiger charge is -2.14. The molecule has 132 valence electrons. The van der Waals surface area contributed by atoms with Crippen molar-refractivity contribution in [1.29, 1.82) is 0 Å². The molecule has 0 bridgehead atoms. The van der Waals surface area contributed by atoms with E-state index < -0.39 is 24.2 Å². The molecule has 0 radical (unpaired) electrons. The number of hydrogen-bond donors (Lipinski definition) is 1. The second kappa shape index (κ2) is 7.04. The molecule has 2 atom stereocenters. The molecular weight excluding hydrogens is 326 g/mol. The van der Waals surface area contributed by atoms with Gasteiger partial charge in [-0.25, -0.2) is 9.59 Å². The molecule has 1 aliphatic heterocycles. The van der Waals surface area contributed by atoms with Crippen molar-refractivity contribution in [3.8, 4) is 0 Å². The Hall–Kier alpha value is -2.71. The molecule has 0 saturated carbocycles. The smallest absolute Gasteiger partial charge is 0.351 e. The van der Waals surface area contributed by atoms with Crippen molar-refractivity contribution < 1.29 is 19.0 Å². The number of nitrogens with two attached hydrogens (primary N) is 1. The van der Waals surface area contributed by atoms with Gasteiger partial charge in [0.2, 0.25) is 0 Å². The van der Waals surface area contributed by atoms with Crippen LogP contribution in [0.3, 0.4) is 0 Å². The molecule has 1 aliphatic rings. The van der Waals surface area contributed by atoms with Gasteiger partial charge in [0, 0.05) is 6.20 Å². The van der Waals surface area contributed by atoms with E-state index in [2.05, 4.69) is 4.98 Å². The number of aromatic nitrogens is 2. The molecule has 8 nitrogen and oxygen atoms in total. The van der Waals surface area contributed by atoms with E-state index in [0.29, 0.717) is 5.56 Å². The van der Waals surface area contributed by atoms with E-state index in [4.69, 9.17) is 19.9 Å². The summed E-state index contributed by atoms with van der Waals surface area (Å²) in [6.07, 6.45) is 0.108. The third-order valence-corrected chi connectivity index (χ3v) is 3.93. The molecule has 2 N–H and O–H groups in total. The van der Waals surface area contributed by atoms with Gasteiger partial charge >= 0.3 is 11.7 Å². The number of esters is 1. The Morgan fingerprint density at radius 2 is 2.08 bits per heavy atom. The zero-order chi connectivity index (χ0) is 18.0. The Morgan fingerprint density at radius 3 is 2.76 bits per heavy atom. The van der Waals surface area contributed by atoms with E-state index >= 15 is 0 Å². The first-order valence-electron chi connectivity index (χ1n) is 7.81. The third-order valence-electron chi connectivity index (χ3n) is 3.93. The molecule has 3 rings (SSSR count). The summed E-state index contributed by atoms with van der Waals surface area (Å²) in [7, 11) is 0. The maximum atomic E-state index is 12.3. The highest BCUT2D eigenvalue weighted by Gasteiger charge is 2.29. The molecule has 25 heavy (non-hydrogen) atoms. The van der Waals surface area contributed by atoms with Crippen LogP contribution in [0.4, 0.5) is 5.82 Å². The maximum absolute atomic E-state index is 12.3. The zero-order valence-electron chi connectivity index (χ0n) is 14.0. The Balaban J connectivity index is 1.60. The summed E-state index contributed by atoms with van der Waals surface area (Å²) in [6.45, 7) is 3.78. The van der Waals surface area contributed by atoms with Crippen molar-refractivity contribution in [3.05, 3.63) is 57.6 Å². The fraction of sp³-hybridized carbons (Fsp3) is 0.353. The standard InChI is InChI=1S/C17H19N3O5/c1-10-4-3-5-11(2)15(10)16(21)24-9-14-23-8-13(25-14)20-7-6-12(18)19-17(20)22/h3-7,13-14H,8-9H2,1-2H3,(H2,18,19,22). The minimum absolute atomic E-state index is 0.0692. The second-order valence-electron chi connectivity index (χ2n) is 5.76. The minimum Gasteiger partial charge on any atom is -0.457 e. The van der Waals surface area contributed by atoms with Crippen molar-refractivity contribution in [1.82, 2.24) is 9.55 Å². The van der Waals surface area contributed by atoms with Gasteiger partial charge in [0.1, 0.15) is 12.4 Å². The van der Waals surface area contributed by atoms with Crippen LogP contribution in [0, 0.1) is 13.8 Å². The first-order valence-corrected chi connectivity index (χ1v) is 7.81. The zero-order valence-corrected chi connectivity index (χ0v) is 14.0. The number of nitrogens with zero attached hydrogens (tertiary/aromatic N) is 2. The molecule has 0 aliphatic carbocycles. The van der Waals surface area contributed by atoms with Gasteiger partial charge in [-0.2, -0.15) is 4.98 Å². The first-order chi connectivity index (χ1) is 12.0. The average molecular weight is 345 g/mol. The van der Waals surface area contributed by atoms with Crippen molar-refractivity contribution in [3.63, 3.8) is 0 Å². The number of benzene rings is 1. The van der Waals surface area contributed by atoms with E-state index in [1.807, 2.05) is 32.0 Å². The number of carbonyl (C=O) groups excluding carboxylic acids is 1. The molecule has 0 amide bonds. The van der Waals surface area contributed by atoms with Crippen LogP contribution in [-0.2, 0) is 14.2 Å². The third kappa shape index (κ3) is 3.70. The molecular formula is C17H19N3O5. The van der Waals surface area contributed by atoms with Crippen molar-refractivity contribution in [2.24, 2.45) is 0 Å². The number of nitrogen functional groups attached to an aromatic ring is 1. The van der Waals surface area contributed by atoms with E-state index in [9.17, 15) is 9.59 Å². The van der Waals surface area contributed by atoms with E-state index in [0.717, 1.165) is 11.1 Å². The largest absolute Gasteiger partial charge is 0.457 e. The van der Waals surface area contributed by atoms with Gasteiger partial charge < -0.3 is 19.9 Å².